The van der Waals surface area contributed by atoms with Crippen LogP contribution in [-0.2, 0) is 6.42 Å². The van der Waals surface area contributed by atoms with Crippen LogP contribution in [0, 0.1) is 6.92 Å². The van der Waals surface area contributed by atoms with Gasteiger partial charge in [-0.15, -0.1) is 0 Å². The monoisotopic (exact) mass is 350 g/mol. The third-order valence-corrected chi connectivity index (χ3v) is 4.83. The normalized spacial score (nSPS) is 11.3. The van der Waals surface area contributed by atoms with Gasteiger partial charge in [-0.3, -0.25) is 4.98 Å². The van der Waals surface area contributed by atoms with Gasteiger partial charge in [0.1, 0.15) is 5.58 Å². The highest BCUT2D eigenvalue weighted by Crippen LogP contribution is 2.31. The predicted octanol–water partition coefficient (Wildman–Crippen LogP) is 5.94. The predicted molar refractivity (Wildman–Crippen MR) is 109 cm³/mol. The SMILES string of the molecule is Cc1ccnc(-c2ccc3oc4nc(Cc5ccccc5)ccc4c3c2)c1. The lowest BCUT2D eigenvalue weighted by Crippen LogP contribution is -1.91. The Hall–Kier alpha value is -3.46. The van der Waals surface area contributed by atoms with Crippen LogP contribution in [0.1, 0.15) is 16.8 Å². The van der Waals surface area contributed by atoms with E-state index in [0.29, 0.717) is 5.71 Å². The van der Waals surface area contributed by atoms with Gasteiger partial charge < -0.3 is 4.42 Å². The minimum Gasteiger partial charge on any atom is -0.438 e. The Morgan fingerprint density at radius 2 is 1.74 bits per heavy atom. The quantitative estimate of drug-likeness (QED) is 0.404. The highest BCUT2D eigenvalue weighted by molar-refractivity contribution is 6.05. The second-order valence-electron chi connectivity index (χ2n) is 6.85. The number of pyridine rings is 2. The Balaban J connectivity index is 1.58. The number of rotatable bonds is 3. The fourth-order valence-electron chi connectivity index (χ4n) is 3.45. The first-order chi connectivity index (χ1) is 13.3. The first-order valence-electron chi connectivity index (χ1n) is 9.05. The molecule has 0 radical (unpaired) electrons. The molecule has 3 aromatic heterocycles. The zero-order chi connectivity index (χ0) is 18.2. The largest absolute Gasteiger partial charge is 0.438 e. The number of fused-ring (bicyclic) bond motifs is 3. The lowest BCUT2D eigenvalue weighted by Gasteiger charge is -2.02. The first-order valence-corrected chi connectivity index (χ1v) is 9.05. The first kappa shape index (κ1) is 15.8. The van der Waals surface area contributed by atoms with Gasteiger partial charge in [-0.25, -0.2) is 4.98 Å². The molecule has 0 amide bonds. The van der Waals surface area contributed by atoms with Crippen LogP contribution in [0.4, 0.5) is 0 Å². The zero-order valence-corrected chi connectivity index (χ0v) is 15.0. The summed E-state index contributed by atoms with van der Waals surface area (Å²) in [6.45, 7) is 2.08. The number of furan rings is 1. The summed E-state index contributed by atoms with van der Waals surface area (Å²) in [6, 6.07) is 24.9. The average molecular weight is 350 g/mol. The fourth-order valence-corrected chi connectivity index (χ4v) is 3.45. The van der Waals surface area contributed by atoms with Crippen molar-refractivity contribution in [3.05, 3.63) is 95.8 Å². The number of aryl methyl sites for hydroxylation is 1. The molecular formula is C24H18N2O. The standard InChI is InChI=1S/C24H18N2O/c1-16-11-12-25-22(13-16)18-7-10-23-21(15-18)20-9-8-19(26-24(20)27-23)14-17-5-3-2-4-6-17/h2-13,15H,14H2,1H3. The van der Waals surface area contributed by atoms with E-state index in [0.717, 1.165) is 39.7 Å². The van der Waals surface area contributed by atoms with Gasteiger partial charge >= 0.3 is 0 Å². The molecule has 2 aromatic carbocycles. The van der Waals surface area contributed by atoms with Gasteiger partial charge in [0.15, 0.2) is 0 Å². The van der Waals surface area contributed by atoms with E-state index >= 15 is 0 Å². The smallest absolute Gasteiger partial charge is 0.227 e. The van der Waals surface area contributed by atoms with E-state index in [2.05, 4.69) is 66.5 Å². The summed E-state index contributed by atoms with van der Waals surface area (Å²) in [5.74, 6) is 0. The summed E-state index contributed by atoms with van der Waals surface area (Å²) in [7, 11) is 0. The summed E-state index contributed by atoms with van der Waals surface area (Å²) >= 11 is 0. The highest BCUT2D eigenvalue weighted by atomic mass is 16.3. The van der Waals surface area contributed by atoms with Crippen LogP contribution in [0.3, 0.4) is 0 Å². The molecule has 3 heteroatoms. The number of nitrogens with zero attached hydrogens (tertiary/aromatic N) is 2. The molecule has 3 nitrogen and oxygen atoms in total. The van der Waals surface area contributed by atoms with E-state index < -0.39 is 0 Å². The van der Waals surface area contributed by atoms with Gasteiger partial charge in [0.2, 0.25) is 5.71 Å². The summed E-state index contributed by atoms with van der Waals surface area (Å²) in [5.41, 5.74) is 7.05. The van der Waals surface area contributed by atoms with Gasteiger partial charge in [0.25, 0.3) is 0 Å². The van der Waals surface area contributed by atoms with Crippen molar-refractivity contribution in [2.75, 3.05) is 0 Å². The van der Waals surface area contributed by atoms with Gasteiger partial charge in [0, 0.05) is 34.6 Å². The second-order valence-corrected chi connectivity index (χ2v) is 6.85. The molecule has 27 heavy (non-hydrogen) atoms. The van der Waals surface area contributed by atoms with E-state index in [1.807, 2.05) is 24.4 Å². The van der Waals surface area contributed by atoms with Gasteiger partial charge in [0.05, 0.1) is 5.69 Å². The van der Waals surface area contributed by atoms with Crippen molar-refractivity contribution in [2.45, 2.75) is 13.3 Å². The summed E-state index contributed by atoms with van der Waals surface area (Å²) in [5, 5.41) is 2.11. The topological polar surface area (TPSA) is 38.9 Å². The fraction of sp³-hybridized carbons (Fsp3) is 0.0833. The highest BCUT2D eigenvalue weighted by Gasteiger charge is 2.11. The minimum atomic E-state index is 0.688. The van der Waals surface area contributed by atoms with Gasteiger partial charge in [-0.1, -0.05) is 30.3 Å². The third kappa shape index (κ3) is 2.97. The minimum absolute atomic E-state index is 0.688. The van der Waals surface area contributed by atoms with Crippen LogP contribution < -0.4 is 0 Å². The molecule has 130 valence electrons. The van der Waals surface area contributed by atoms with E-state index in [1.54, 1.807) is 0 Å². The van der Waals surface area contributed by atoms with Crippen molar-refractivity contribution in [3.8, 4) is 11.3 Å². The Bertz CT molecular complexity index is 1260. The van der Waals surface area contributed by atoms with E-state index in [-0.39, 0.29) is 0 Å². The van der Waals surface area contributed by atoms with E-state index in [4.69, 9.17) is 9.40 Å². The Morgan fingerprint density at radius 3 is 2.59 bits per heavy atom. The lowest BCUT2D eigenvalue weighted by atomic mass is 10.1. The van der Waals surface area contributed by atoms with Gasteiger partial charge in [-0.05, 0) is 60.5 Å². The summed E-state index contributed by atoms with van der Waals surface area (Å²) < 4.78 is 6.01. The summed E-state index contributed by atoms with van der Waals surface area (Å²) in [6.07, 6.45) is 2.64. The van der Waals surface area contributed by atoms with Crippen LogP contribution >= 0.6 is 0 Å². The molecule has 0 fully saturated rings. The van der Waals surface area contributed by atoms with E-state index in [9.17, 15) is 0 Å². The van der Waals surface area contributed by atoms with E-state index in [1.165, 1.54) is 11.1 Å². The molecule has 0 aliphatic heterocycles. The average Bonchev–Trinajstić information content (AvgIpc) is 3.05. The van der Waals surface area contributed by atoms with Crippen LogP contribution in [-0.4, -0.2) is 9.97 Å². The maximum atomic E-state index is 6.01. The summed E-state index contributed by atoms with van der Waals surface area (Å²) in [4.78, 5) is 9.24. The molecule has 5 rings (SSSR count). The molecular weight excluding hydrogens is 332 g/mol. The molecule has 5 aromatic rings. The molecule has 0 saturated carbocycles. The molecule has 0 aliphatic carbocycles. The molecule has 0 N–H and O–H groups in total. The molecule has 0 bridgehead atoms. The van der Waals surface area contributed by atoms with Crippen LogP contribution in [0.5, 0.6) is 0 Å². The third-order valence-electron chi connectivity index (χ3n) is 4.83. The van der Waals surface area contributed by atoms with Crippen molar-refractivity contribution >= 4 is 22.1 Å². The molecule has 0 unspecified atom stereocenters. The van der Waals surface area contributed by atoms with Crippen LogP contribution in [0.2, 0.25) is 0 Å². The molecule has 0 spiro atoms. The van der Waals surface area contributed by atoms with Crippen LogP contribution in [0.15, 0.2) is 83.4 Å². The molecule has 0 aliphatic rings. The van der Waals surface area contributed by atoms with Crippen LogP contribution in [0.25, 0.3) is 33.3 Å². The Kier molecular flexibility index (Phi) is 3.72. The molecule has 3 heterocycles. The number of hydrogen-bond donors (Lipinski definition) is 0. The lowest BCUT2D eigenvalue weighted by molar-refractivity contribution is 0.652. The van der Waals surface area contributed by atoms with Crippen molar-refractivity contribution in [2.24, 2.45) is 0 Å². The molecule has 0 saturated heterocycles. The van der Waals surface area contributed by atoms with Crippen molar-refractivity contribution in [1.29, 1.82) is 0 Å². The van der Waals surface area contributed by atoms with Crippen molar-refractivity contribution < 1.29 is 4.42 Å². The number of hydrogen-bond acceptors (Lipinski definition) is 3. The van der Waals surface area contributed by atoms with Crippen molar-refractivity contribution in [3.63, 3.8) is 0 Å². The maximum absolute atomic E-state index is 6.01. The van der Waals surface area contributed by atoms with Gasteiger partial charge in [-0.2, -0.15) is 0 Å². The molecule has 0 atom stereocenters. The Morgan fingerprint density at radius 1 is 0.852 bits per heavy atom. The second kappa shape index (κ2) is 6.36. The number of benzene rings is 2. The number of aromatic nitrogens is 2. The van der Waals surface area contributed by atoms with Crippen molar-refractivity contribution in [1.82, 2.24) is 9.97 Å². The zero-order valence-electron chi connectivity index (χ0n) is 15.0. The maximum Gasteiger partial charge on any atom is 0.227 e. The Labute approximate surface area is 157 Å².